The molecule has 6 heteroatoms. The van der Waals surface area contributed by atoms with Crippen molar-refractivity contribution in [1.82, 2.24) is 9.88 Å². The van der Waals surface area contributed by atoms with E-state index in [0.717, 1.165) is 29.4 Å². The van der Waals surface area contributed by atoms with Gasteiger partial charge in [-0.2, -0.15) is 5.26 Å². The standard InChI is InChI=1S/C22H19FN4O/c23-19-7-3-1-5-17(19)22(28)27-11-9-16(10-12-27)26-21-15(13-24)14-25-20-8-4-2-6-18(20)21/h1-8,14,16H,9-12H2,(H,25,26). The zero-order valence-electron chi connectivity index (χ0n) is 15.2. The maximum Gasteiger partial charge on any atom is 0.256 e. The molecular weight excluding hydrogens is 355 g/mol. The quantitative estimate of drug-likeness (QED) is 0.753. The van der Waals surface area contributed by atoms with Crippen molar-refractivity contribution in [3.8, 4) is 6.07 Å². The molecular formula is C22H19FN4O. The highest BCUT2D eigenvalue weighted by Crippen LogP contribution is 2.28. The number of carbonyl (C=O) groups is 1. The van der Waals surface area contributed by atoms with E-state index in [9.17, 15) is 14.4 Å². The number of carbonyl (C=O) groups excluding carboxylic acids is 1. The number of nitriles is 1. The highest BCUT2D eigenvalue weighted by Gasteiger charge is 2.26. The first-order valence-electron chi connectivity index (χ1n) is 9.25. The predicted molar refractivity (Wildman–Crippen MR) is 105 cm³/mol. The van der Waals surface area contributed by atoms with Crippen molar-refractivity contribution in [2.45, 2.75) is 18.9 Å². The zero-order chi connectivity index (χ0) is 19.5. The van der Waals surface area contributed by atoms with Gasteiger partial charge in [0.05, 0.1) is 22.3 Å². The summed E-state index contributed by atoms with van der Waals surface area (Å²) in [6.45, 7) is 1.07. The number of hydrogen-bond donors (Lipinski definition) is 1. The minimum Gasteiger partial charge on any atom is -0.381 e. The van der Waals surface area contributed by atoms with Crippen molar-refractivity contribution in [3.63, 3.8) is 0 Å². The van der Waals surface area contributed by atoms with Gasteiger partial charge in [-0.25, -0.2) is 4.39 Å². The molecule has 28 heavy (non-hydrogen) atoms. The van der Waals surface area contributed by atoms with Crippen molar-refractivity contribution in [2.75, 3.05) is 18.4 Å². The number of benzene rings is 2. The number of para-hydroxylation sites is 1. The summed E-state index contributed by atoms with van der Waals surface area (Å²) in [5.74, 6) is -0.765. The van der Waals surface area contributed by atoms with E-state index in [2.05, 4.69) is 16.4 Å². The molecule has 0 bridgehead atoms. The van der Waals surface area contributed by atoms with Gasteiger partial charge in [0.25, 0.3) is 5.91 Å². The number of halogens is 1. The number of amides is 1. The van der Waals surface area contributed by atoms with Crippen molar-refractivity contribution in [3.05, 3.63) is 71.7 Å². The maximum atomic E-state index is 13.9. The first-order valence-corrected chi connectivity index (χ1v) is 9.25. The second kappa shape index (κ2) is 7.65. The summed E-state index contributed by atoms with van der Waals surface area (Å²) in [5.41, 5.74) is 2.23. The molecule has 0 radical (unpaired) electrons. The lowest BCUT2D eigenvalue weighted by Crippen LogP contribution is -2.42. The van der Waals surface area contributed by atoms with E-state index >= 15 is 0 Å². The Hall–Kier alpha value is -3.46. The summed E-state index contributed by atoms with van der Waals surface area (Å²) in [6, 6.07) is 16.1. The van der Waals surface area contributed by atoms with Crippen LogP contribution in [0.1, 0.15) is 28.8 Å². The fourth-order valence-electron chi connectivity index (χ4n) is 3.62. The number of nitrogens with one attached hydrogen (secondary N) is 1. The molecule has 3 aromatic rings. The largest absolute Gasteiger partial charge is 0.381 e. The van der Waals surface area contributed by atoms with Crippen LogP contribution in [0.3, 0.4) is 0 Å². The van der Waals surface area contributed by atoms with Crippen molar-refractivity contribution in [1.29, 1.82) is 5.26 Å². The third-order valence-corrected chi connectivity index (χ3v) is 5.13. The molecule has 2 heterocycles. The smallest absolute Gasteiger partial charge is 0.256 e. The number of hydrogen-bond acceptors (Lipinski definition) is 4. The second-order valence-electron chi connectivity index (χ2n) is 6.87. The Bertz CT molecular complexity index is 1070. The van der Waals surface area contributed by atoms with Gasteiger partial charge in [0, 0.05) is 30.7 Å². The molecule has 0 unspecified atom stereocenters. The monoisotopic (exact) mass is 374 g/mol. The van der Waals surface area contributed by atoms with Crippen molar-refractivity contribution < 1.29 is 9.18 Å². The Morgan fingerprint density at radius 3 is 2.61 bits per heavy atom. The van der Waals surface area contributed by atoms with Gasteiger partial charge in [-0.3, -0.25) is 9.78 Å². The minimum atomic E-state index is -0.491. The van der Waals surface area contributed by atoms with E-state index < -0.39 is 5.82 Å². The maximum absolute atomic E-state index is 13.9. The van der Waals surface area contributed by atoms with Crippen molar-refractivity contribution >= 4 is 22.5 Å². The van der Waals surface area contributed by atoms with Crippen molar-refractivity contribution in [2.24, 2.45) is 0 Å². The lowest BCUT2D eigenvalue weighted by Gasteiger charge is -2.33. The van der Waals surface area contributed by atoms with Crippen LogP contribution in [0, 0.1) is 17.1 Å². The number of rotatable bonds is 3. The Balaban J connectivity index is 1.48. The summed E-state index contributed by atoms with van der Waals surface area (Å²) in [7, 11) is 0. The predicted octanol–water partition coefficient (Wildman–Crippen LogP) is 3.96. The van der Waals surface area contributed by atoms with Gasteiger partial charge in [0.1, 0.15) is 11.9 Å². The van der Waals surface area contributed by atoms with E-state index in [1.54, 1.807) is 23.2 Å². The first-order chi connectivity index (χ1) is 13.7. The molecule has 1 aliphatic heterocycles. The molecule has 0 atom stereocenters. The van der Waals surface area contributed by atoms with Gasteiger partial charge in [0.15, 0.2) is 0 Å². The molecule has 140 valence electrons. The van der Waals surface area contributed by atoms with Crippen LogP contribution in [-0.4, -0.2) is 34.9 Å². The summed E-state index contributed by atoms with van der Waals surface area (Å²) in [5, 5.41) is 13.8. The number of fused-ring (bicyclic) bond motifs is 1. The third-order valence-electron chi connectivity index (χ3n) is 5.13. The van der Waals surface area contributed by atoms with Gasteiger partial charge >= 0.3 is 0 Å². The van der Waals surface area contributed by atoms with E-state index in [0.29, 0.717) is 18.7 Å². The minimum absolute atomic E-state index is 0.112. The number of pyridine rings is 1. The molecule has 0 saturated carbocycles. The number of nitrogens with zero attached hydrogens (tertiary/aromatic N) is 3. The molecule has 2 aromatic carbocycles. The number of piperidine rings is 1. The van der Waals surface area contributed by atoms with Gasteiger partial charge in [-0.05, 0) is 31.0 Å². The van der Waals surface area contributed by atoms with Crippen LogP contribution in [0.4, 0.5) is 10.1 Å². The lowest BCUT2D eigenvalue weighted by atomic mass is 10.0. The summed E-state index contributed by atoms with van der Waals surface area (Å²) >= 11 is 0. The Labute approximate surface area is 162 Å². The average molecular weight is 374 g/mol. The van der Waals surface area contributed by atoms with E-state index in [4.69, 9.17) is 0 Å². The fourth-order valence-corrected chi connectivity index (χ4v) is 3.62. The van der Waals surface area contributed by atoms with Crippen LogP contribution in [0.25, 0.3) is 10.9 Å². The molecule has 1 saturated heterocycles. The topological polar surface area (TPSA) is 69.0 Å². The zero-order valence-corrected chi connectivity index (χ0v) is 15.2. The highest BCUT2D eigenvalue weighted by molar-refractivity contribution is 5.95. The Morgan fingerprint density at radius 2 is 1.86 bits per heavy atom. The average Bonchev–Trinajstić information content (AvgIpc) is 2.74. The molecule has 1 N–H and O–H groups in total. The van der Waals surface area contributed by atoms with Gasteiger partial charge < -0.3 is 10.2 Å². The highest BCUT2D eigenvalue weighted by atomic mass is 19.1. The van der Waals surface area contributed by atoms with Crippen LogP contribution < -0.4 is 5.32 Å². The van der Waals surface area contributed by atoms with Crippen LogP contribution >= 0.6 is 0 Å². The summed E-state index contributed by atoms with van der Waals surface area (Å²) < 4.78 is 13.9. The second-order valence-corrected chi connectivity index (χ2v) is 6.87. The number of anilines is 1. The molecule has 5 nitrogen and oxygen atoms in total. The SMILES string of the molecule is N#Cc1cnc2ccccc2c1NC1CCN(C(=O)c2ccccc2F)CC1. The van der Waals surface area contributed by atoms with E-state index in [1.807, 2.05) is 24.3 Å². The van der Waals surface area contributed by atoms with Crippen LogP contribution in [0.2, 0.25) is 0 Å². The molecule has 1 fully saturated rings. The van der Waals surface area contributed by atoms with E-state index in [1.165, 1.54) is 12.1 Å². The molecule has 1 aromatic heterocycles. The normalized spacial score (nSPS) is 14.6. The van der Waals surface area contributed by atoms with Gasteiger partial charge in [-0.1, -0.05) is 30.3 Å². The third kappa shape index (κ3) is 3.39. The van der Waals surface area contributed by atoms with Crippen LogP contribution in [-0.2, 0) is 0 Å². The molecule has 4 rings (SSSR count). The van der Waals surface area contributed by atoms with Gasteiger partial charge in [0.2, 0.25) is 0 Å². The van der Waals surface area contributed by atoms with Crippen LogP contribution in [0.15, 0.2) is 54.7 Å². The number of aromatic nitrogens is 1. The Morgan fingerprint density at radius 1 is 1.14 bits per heavy atom. The number of likely N-dealkylation sites (tertiary alicyclic amines) is 1. The van der Waals surface area contributed by atoms with Crippen LogP contribution in [0.5, 0.6) is 0 Å². The molecule has 1 amide bonds. The van der Waals surface area contributed by atoms with Gasteiger partial charge in [-0.15, -0.1) is 0 Å². The molecule has 0 spiro atoms. The molecule has 1 aliphatic rings. The fraction of sp³-hybridized carbons (Fsp3) is 0.227. The first kappa shape index (κ1) is 17.9. The lowest BCUT2D eigenvalue weighted by molar-refractivity contribution is 0.0714. The molecule has 0 aliphatic carbocycles. The van der Waals surface area contributed by atoms with E-state index in [-0.39, 0.29) is 17.5 Å². The summed E-state index contributed by atoms with van der Waals surface area (Å²) in [6.07, 6.45) is 3.03. The Kier molecular flexibility index (Phi) is 4.90. The summed E-state index contributed by atoms with van der Waals surface area (Å²) in [4.78, 5) is 18.6.